The Kier molecular flexibility index (Phi) is 31.5. The number of carboxylic acids is 2. The van der Waals surface area contributed by atoms with Gasteiger partial charge in [0.1, 0.15) is 0 Å². The molecule has 0 aliphatic heterocycles. The molecule has 0 rings (SSSR count). The topological polar surface area (TPSA) is 74.6 Å². The predicted molar refractivity (Wildman–Crippen MR) is 142 cm³/mol. The van der Waals surface area contributed by atoms with Crippen LogP contribution in [0.5, 0.6) is 0 Å². The fraction of sp³-hybridized carbons (Fsp3) is 0.862. The number of unbranched alkanes of at least 4 members (excludes halogenated alkanes) is 18. The third-order valence-corrected chi connectivity index (χ3v) is 5.90. The molecule has 0 amide bonds. The summed E-state index contributed by atoms with van der Waals surface area (Å²) >= 11 is 0. The number of rotatable bonds is 24. The highest BCUT2D eigenvalue weighted by Gasteiger charge is 1.97. The highest BCUT2D eigenvalue weighted by atomic mass is 16.4. The van der Waals surface area contributed by atoms with Crippen LogP contribution in [0.25, 0.3) is 0 Å². The standard InChI is InChI=1S/C15H30O2.C14H26O2/c1-2-3-4-5-6-7-8-9-10-11-12-13-14-15(16)17;1-2-3-4-5-6-7-8-9-10-11-12-13-14(15)16/h2-14H2,1H3,(H,16,17);5-6H,2-4,7-13H2,1H3,(H,15,16). The fourth-order valence-corrected chi connectivity index (χ4v) is 3.74. The minimum absolute atomic E-state index is 0.330. The Hall–Kier alpha value is -1.32. The van der Waals surface area contributed by atoms with Crippen molar-refractivity contribution in [3.63, 3.8) is 0 Å². The van der Waals surface area contributed by atoms with E-state index >= 15 is 0 Å². The first kappa shape index (κ1) is 33.9. The van der Waals surface area contributed by atoms with Gasteiger partial charge in [-0.15, -0.1) is 0 Å². The first-order valence-electron chi connectivity index (χ1n) is 14.1. The van der Waals surface area contributed by atoms with E-state index in [9.17, 15) is 9.59 Å². The van der Waals surface area contributed by atoms with Gasteiger partial charge >= 0.3 is 11.9 Å². The number of carbonyl (C=O) groups is 2. The van der Waals surface area contributed by atoms with Crippen LogP contribution in [-0.2, 0) is 9.59 Å². The third kappa shape index (κ3) is 38.3. The highest BCUT2D eigenvalue weighted by Crippen LogP contribution is 2.12. The van der Waals surface area contributed by atoms with Crippen molar-refractivity contribution in [2.45, 2.75) is 162 Å². The predicted octanol–water partition coefficient (Wildman–Crippen LogP) is 9.71. The van der Waals surface area contributed by atoms with Crippen LogP contribution in [-0.4, -0.2) is 22.2 Å². The molecule has 0 fully saturated rings. The average Bonchev–Trinajstić information content (AvgIpc) is 2.78. The highest BCUT2D eigenvalue weighted by molar-refractivity contribution is 5.66. The number of hydrogen-bond donors (Lipinski definition) is 2. The molecule has 0 aromatic rings. The maximum absolute atomic E-state index is 10.3. The summed E-state index contributed by atoms with van der Waals surface area (Å²) in [6.45, 7) is 4.47. The number of hydrogen-bond acceptors (Lipinski definition) is 2. The van der Waals surface area contributed by atoms with Crippen molar-refractivity contribution in [1.29, 1.82) is 0 Å². The molecule has 0 heterocycles. The molecule has 33 heavy (non-hydrogen) atoms. The van der Waals surface area contributed by atoms with E-state index in [-0.39, 0.29) is 0 Å². The molecule has 0 saturated carbocycles. The van der Waals surface area contributed by atoms with Crippen LogP contribution >= 0.6 is 0 Å². The summed E-state index contributed by atoms with van der Waals surface area (Å²) in [6, 6.07) is 0. The first-order valence-corrected chi connectivity index (χ1v) is 14.1. The summed E-state index contributed by atoms with van der Waals surface area (Å²) in [5.41, 5.74) is 0. The summed E-state index contributed by atoms with van der Waals surface area (Å²) in [4.78, 5) is 20.5. The molecule has 0 bridgehead atoms. The molecule has 0 aromatic heterocycles. The molecular formula is C29H56O4. The van der Waals surface area contributed by atoms with E-state index < -0.39 is 11.9 Å². The Morgan fingerprint density at radius 2 is 0.758 bits per heavy atom. The van der Waals surface area contributed by atoms with Crippen LogP contribution in [0.3, 0.4) is 0 Å². The van der Waals surface area contributed by atoms with Crippen molar-refractivity contribution in [3.05, 3.63) is 12.2 Å². The second kappa shape index (κ2) is 30.7. The lowest BCUT2D eigenvalue weighted by Crippen LogP contribution is -1.93. The van der Waals surface area contributed by atoms with Crippen molar-refractivity contribution in [1.82, 2.24) is 0 Å². The summed E-state index contributed by atoms with van der Waals surface area (Å²) in [5.74, 6) is -1.32. The lowest BCUT2D eigenvalue weighted by atomic mass is 10.0. The number of aliphatic carboxylic acids is 2. The minimum Gasteiger partial charge on any atom is -0.481 e. The molecular weight excluding hydrogens is 412 g/mol. The molecule has 0 spiro atoms. The fourth-order valence-electron chi connectivity index (χ4n) is 3.74. The zero-order valence-corrected chi connectivity index (χ0v) is 22.1. The van der Waals surface area contributed by atoms with Crippen LogP contribution in [0.1, 0.15) is 162 Å². The molecule has 0 aromatic carbocycles. The van der Waals surface area contributed by atoms with Crippen LogP contribution < -0.4 is 0 Å². The summed E-state index contributed by atoms with van der Waals surface area (Å²) in [6.07, 6.45) is 31.2. The van der Waals surface area contributed by atoms with E-state index in [1.807, 2.05) is 0 Å². The first-order chi connectivity index (χ1) is 16.0. The van der Waals surface area contributed by atoms with Crippen LogP contribution in [0.15, 0.2) is 12.2 Å². The minimum atomic E-state index is -0.668. The van der Waals surface area contributed by atoms with Gasteiger partial charge in [0.2, 0.25) is 0 Å². The molecule has 2 N–H and O–H groups in total. The van der Waals surface area contributed by atoms with Crippen molar-refractivity contribution < 1.29 is 19.8 Å². The number of carboxylic acid groups (broad SMARTS) is 2. The van der Waals surface area contributed by atoms with Gasteiger partial charge in [-0.1, -0.05) is 129 Å². The normalized spacial score (nSPS) is 10.8. The second-order valence-corrected chi connectivity index (χ2v) is 9.35. The van der Waals surface area contributed by atoms with E-state index in [4.69, 9.17) is 10.2 Å². The quantitative estimate of drug-likeness (QED) is 0.109. The molecule has 4 heteroatoms. The third-order valence-electron chi connectivity index (χ3n) is 5.90. The number of allylic oxidation sites excluding steroid dienone is 2. The molecule has 0 atom stereocenters. The van der Waals surface area contributed by atoms with Gasteiger partial charge in [-0.25, -0.2) is 0 Å². The SMILES string of the molecule is CCCCC=CCCCCCCCC(=O)O.CCCCCCCCCCCCCCC(=O)O. The monoisotopic (exact) mass is 468 g/mol. The Morgan fingerprint density at radius 1 is 0.455 bits per heavy atom. The van der Waals surface area contributed by atoms with E-state index in [0.29, 0.717) is 12.8 Å². The Balaban J connectivity index is 0. The van der Waals surface area contributed by atoms with Crippen LogP contribution in [0.4, 0.5) is 0 Å². The molecule has 0 aliphatic carbocycles. The summed E-state index contributed by atoms with van der Waals surface area (Å²) in [5, 5.41) is 16.9. The molecule has 0 radical (unpaired) electrons. The zero-order valence-electron chi connectivity index (χ0n) is 22.1. The van der Waals surface area contributed by atoms with E-state index in [2.05, 4.69) is 26.0 Å². The Labute approximate surface area is 205 Å². The molecule has 0 saturated heterocycles. The maximum Gasteiger partial charge on any atom is 0.303 e. The van der Waals surface area contributed by atoms with Gasteiger partial charge in [0.05, 0.1) is 0 Å². The van der Waals surface area contributed by atoms with Gasteiger partial charge in [0.25, 0.3) is 0 Å². The van der Waals surface area contributed by atoms with Gasteiger partial charge in [0, 0.05) is 12.8 Å². The molecule has 0 unspecified atom stereocenters. The smallest absolute Gasteiger partial charge is 0.303 e. The molecule has 0 aliphatic rings. The molecule has 4 nitrogen and oxygen atoms in total. The van der Waals surface area contributed by atoms with Crippen molar-refractivity contribution in [2.24, 2.45) is 0 Å². The van der Waals surface area contributed by atoms with Gasteiger partial charge in [0.15, 0.2) is 0 Å². The lowest BCUT2D eigenvalue weighted by molar-refractivity contribution is -0.138. The van der Waals surface area contributed by atoms with Crippen molar-refractivity contribution in [2.75, 3.05) is 0 Å². The van der Waals surface area contributed by atoms with Gasteiger partial charge in [-0.3, -0.25) is 9.59 Å². The maximum atomic E-state index is 10.3. The lowest BCUT2D eigenvalue weighted by Gasteiger charge is -2.02. The van der Waals surface area contributed by atoms with Crippen molar-refractivity contribution >= 4 is 11.9 Å². The van der Waals surface area contributed by atoms with E-state index in [0.717, 1.165) is 25.7 Å². The second-order valence-electron chi connectivity index (χ2n) is 9.35. The van der Waals surface area contributed by atoms with Gasteiger partial charge in [-0.05, 0) is 32.1 Å². The van der Waals surface area contributed by atoms with E-state index in [1.54, 1.807) is 0 Å². The van der Waals surface area contributed by atoms with Gasteiger partial charge < -0.3 is 10.2 Å². The van der Waals surface area contributed by atoms with Crippen LogP contribution in [0.2, 0.25) is 0 Å². The summed E-state index contributed by atoms with van der Waals surface area (Å²) in [7, 11) is 0. The average molecular weight is 469 g/mol. The summed E-state index contributed by atoms with van der Waals surface area (Å²) < 4.78 is 0. The largest absolute Gasteiger partial charge is 0.481 e. The zero-order chi connectivity index (χ0) is 24.8. The van der Waals surface area contributed by atoms with Crippen molar-refractivity contribution in [3.8, 4) is 0 Å². The van der Waals surface area contributed by atoms with Crippen LogP contribution in [0, 0.1) is 0 Å². The van der Waals surface area contributed by atoms with E-state index in [1.165, 1.54) is 109 Å². The van der Waals surface area contributed by atoms with Gasteiger partial charge in [-0.2, -0.15) is 0 Å². The Bertz CT molecular complexity index is 431. The Morgan fingerprint density at radius 3 is 1.12 bits per heavy atom. The molecule has 196 valence electrons.